The van der Waals surface area contributed by atoms with Gasteiger partial charge in [0.1, 0.15) is 11.6 Å². The van der Waals surface area contributed by atoms with E-state index in [1.54, 1.807) is 30.5 Å². The Morgan fingerprint density at radius 3 is 2.95 bits per heavy atom. The van der Waals surface area contributed by atoms with E-state index in [2.05, 4.69) is 33.2 Å². The Kier molecular flexibility index (Phi) is 4.74. The minimum atomic E-state index is -0.400. The zero-order chi connectivity index (χ0) is 13.7. The van der Waals surface area contributed by atoms with Gasteiger partial charge < -0.3 is 10.1 Å². The molecule has 0 fully saturated rings. The Balaban J connectivity index is 2.16. The molecule has 0 aliphatic carbocycles. The van der Waals surface area contributed by atoms with Gasteiger partial charge in [-0.3, -0.25) is 0 Å². The maximum atomic E-state index is 13.6. The molecule has 2 rings (SSSR count). The predicted octanol–water partition coefficient (Wildman–Crippen LogP) is 4.60. The van der Waals surface area contributed by atoms with Crippen molar-refractivity contribution < 1.29 is 9.13 Å². The second kappa shape index (κ2) is 6.52. The van der Waals surface area contributed by atoms with Gasteiger partial charge in [0, 0.05) is 23.3 Å². The first-order valence-corrected chi connectivity index (χ1v) is 6.81. The van der Waals surface area contributed by atoms with E-state index in [4.69, 9.17) is 4.74 Å². The van der Waals surface area contributed by atoms with E-state index in [-0.39, 0.29) is 5.75 Å². The van der Waals surface area contributed by atoms with Crippen molar-refractivity contribution in [3.63, 3.8) is 0 Å². The van der Waals surface area contributed by atoms with Gasteiger partial charge in [-0.05, 0) is 30.7 Å². The van der Waals surface area contributed by atoms with Crippen LogP contribution in [-0.4, -0.2) is 11.5 Å². The Bertz CT molecular complexity index is 563. The quantitative estimate of drug-likeness (QED) is 0.872. The third kappa shape index (κ3) is 3.92. The Labute approximate surface area is 119 Å². The number of rotatable bonds is 5. The number of halogens is 2. The maximum absolute atomic E-state index is 13.6. The van der Waals surface area contributed by atoms with Gasteiger partial charge in [-0.25, -0.2) is 9.37 Å². The molecule has 19 heavy (non-hydrogen) atoms. The van der Waals surface area contributed by atoms with Gasteiger partial charge in [0.05, 0.1) is 0 Å². The van der Waals surface area contributed by atoms with E-state index in [0.717, 1.165) is 23.3 Å². The third-order valence-electron chi connectivity index (χ3n) is 2.41. The molecule has 5 heteroatoms. The third-order valence-corrected chi connectivity index (χ3v) is 2.90. The minimum Gasteiger partial charge on any atom is -0.454 e. The topological polar surface area (TPSA) is 34.1 Å². The average Bonchev–Trinajstić information content (AvgIpc) is 2.41. The molecule has 3 nitrogen and oxygen atoms in total. The molecule has 100 valence electrons. The molecule has 0 bridgehead atoms. The molecule has 0 aliphatic heterocycles. The molecule has 0 spiro atoms. The number of pyridine rings is 1. The van der Waals surface area contributed by atoms with Gasteiger partial charge in [0.2, 0.25) is 0 Å². The summed E-state index contributed by atoms with van der Waals surface area (Å²) in [6, 6.07) is 8.02. The van der Waals surface area contributed by atoms with E-state index in [0.29, 0.717) is 5.75 Å². The van der Waals surface area contributed by atoms with Crippen LogP contribution in [0.4, 0.5) is 10.2 Å². The Morgan fingerprint density at radius 2 is 2.16 bits per heavy atom. The van der Waals surface area contributed by atoms with E-state index < -0.39 is 5.82 Å². The molecule has 0 saturated carbocycles. The van der Waals surface area contributed by atoms with Crippen molar-refractivity contribution in [1.29, 1.82) is 0 Å². The number of aromatic nitrogens is 1. The van der Waals surface area contributed by atoms with Gasteiger partial charge in [0.15, 0.2) is 11.6 Å². The van der Waals surface area contributed by atoms with Crippen LogP contribution >= 0.6 is 15.9 Å². The number of ether oxygens (including phenoxy) is 1. The number of hydrogen-bond donors (Lipinski definition) is 1. The van der Waals surface area contributed by atoms with E-state index in [1.165, 1.54) is 6.07 Å². The summed E-state index contributed by atoms with van der Waals surface area (Å²) in [6.45, 7) is 2.91. The number of anilines is 1. The molecule has 1 heterocycles. The van der Waals surface area contributed by atoms with Gasteiger partial charge in [-0.2, -0.15) is 0 Å². The monoisotopic (exact) mass is 324 g/mol. The lowest BCUT2D eigenvalue weighted by Gasteiger charge is -2.09. The highest BCUT2D eigenvalue weighted by atomic mass is 79.9. The lowest BCUT2D eigenvalue weighted by Crippen LogP contribution is -2.01. The fourth-order valence-electron chi connectivity index (χ4n) is 1.51. The van der Waals surface area contributed by atoms with Gasteiger partial charge in [-0.15, -0.1) is 0 Å². The highest BCUT2D eigenvalue weighted by molar-refractivity contribution is 9.10. The smallest absolute Gasteiger partial charge is 0.165 e. The fourth-order valence-corrected chi connectivity index (χ4v) is 1.85. The minimum absolute atomic E-state index is 0.182. The number of benzene rings is 1. The molecular formula is C14H14BrFN2O. The van der Waals surface area contributed by atoms with Crippen molar-refractivity contribution in [2.45, 2.75) is 13.3 Å². The molecule has 0 unspecified atom stereocenters. The predicted molar refractivity (Wildman–Crippen MR) is 77.2 cm³/mol. The summed E-state index contributed by atoms with van der Waals surface area (Å²) in [5.74, 6) is 1.05. The summed E-state index contributed by atoms with van der Waals surface area (Å²) in [6.07, 6.45) is 2.64. The summed E-state index contributed by atoms with van der Waals surface area (Å²) in [5.41, 5.74) is 0. The van der Waals surface area contributed by atoms with Crippen molar-refractivity contribution in [2.75, 3.05) is 11.9 Å². The summed E-state index contributed by atoms with van der Waals surface area (Å²) in [4.78, 5) is 4.16. The van der Waals surface area contributed by atoms with Crippen LogP contribution in [0.3, 0.4) is 0 Å². The second-order valence-corrected chi connectivity index (χ2v) is 4.90. The number of nitrogens with one attached hydrogen (secondary N) is 1. The molecule has 0 atom stereocenters. The van der Waals surface area contributed by atoms with Crippen LogP contribution < -0.4 is 10.1 Å². The van der Waals surface area contributed by atoms with Crippen molar-refractivity contribution in [1.82, 2.24) is 4.98 Å². The van der Waals surface area contributed by atoms with Crippen molar-refractivity contribution in [3.05, 3.63) is 46.8 Å². The van der Waals surface area contributed by atoms with Crippen LogP contribution in [0.2, 0.25) is 0 Å². The zero-order valence-corrected chi connectivity index (χ0v) is 12.1. The standard InChI is InChI=1S/C14H14BrFN2O/c1-2-6-17-14-9-11(5-7-18-14)19-13-8-10(15)3-4-12(13)16/h3-5,7-9H,2,6H2,1H3,(H,17,18). The van der Waals surface area contributed by atoms with Crippen LogP contribution in [0.15, 0.2) is 41.0 Å². The highest BCUT2D eigenvalue weighted by Gasteiger charge is 2.06. The molecule has 1 aromatic heterocycles. The van der Waals surface area contributed by atoms with Crippen molar-refractivity contribution in [2.24, 2.45) is 0 Å². The average molecular weight is 325 g/mol. The zero-order valence-electron chi connectivity index (χ0n) is 10.5. The lowest BCUT2D eigenvalue weighted by molar-refractivity contribution is 0.441. The fraction of sp³-hybridized carbons (Fsp3) is 0.214. The molecule has 0 radical (unpaired) electrons. The molecule has 2 aromatic rings. The van der Waals surface area contributed by atoms with Gasteiger partial charge >= 0.3 is 0 Å². The number of nitrogens with zero attached hydrogens (tertiary/aromatic N) is 1. The largest absolute Gasteiger partial charge is 0.454 e. The maximum Gasteiger partial charge on any atom is 0.165 e. The summed E-state index contributed by atoms with van der Waals surface area (Å²) in [7, 11) is 0. The first-order chi connectivity index (χ1) is 9.19. The molecular weight excluding hydrogens is 311 g/mol. The SMILES string of the molecule is CCCNc1cc(Oc2cc(Br)ccc2F)ccn1. The number of hydrogen-bond acceptors (Lipinski definition) is 3. The van der Waals surface area contributed by atoms with E-state index >= 15 is 0 Å². The van der Waals surface area contributed by atoms with Crippen LogP contribution in [0, 0.1) is 5.82 Å². The van der Waals surface area contributed by atoms with E-state index in [9.17, 15) is 4.39 Å². The molecule has 1 N–H and O–H groups in total. The van der Waals surface area contributed by atoms with E-state index in [1.807, 2.05) is 0 Å². The van der Waals surface area contributed by atoms with Crippen LogP contribution in [0.1, 0.15) is 13.3 Å². The van der Waals surface area contributed by atoms with Crippen molar-refractivity contribution in [3.8, 4) is 11.5 Å². The molecule has 1 aromatic carbocycles. The second-order valence-electron chi connectivity index (χ2n) is 3.98. The first kappa shape index (κ1) is 13.8. The summed E-state index contributed by atoms with van der Waals surface area (Å²) < 4.78 is 19.9. The van der Waals surface area contributed by atoms with Gasteiger partial charge in [0.25, 0.3) is 0 Å². The summed E-state index contributed by atoms with van der Waals surface area (Å²) in [5, 5.41) is 3.15. The van der Waals surface area contributed by atoms with Gasteiger partial charge in [-0.1, -0.05) is 22.9 Å². The van der Waals surface area contributed by atoms with Crippen LogP contribution in [0.5, 0.6) is 11.5 Å². The highest BCUT2D eigenvalue weighted by Crippen LogP contribution is 2.28. The Morgan fingerprint density at radius 1 is 1.32 bits per heavy atom. The molecule has 0 amide bonds. The first-order valence-electron chi connectivity index (χ1n) is 6.02. The lowest BCUT2D eigenvalue weighted by atomic mass is 10.3. The van der Waals surface area contributed by atoms with Crippen LogP contribution in [0.25, 0.3) is 0 Å². The molecule has 0 saturated heterocycles. The molecule has 0 aliphatic rings. The normalized spacial score (nSPS) is 10.3. The van der Waals surface area contributed by atoms with Crippen molar-refractivity contribution >= 4 is 21.7 Å². The Hall–Kier alpha value is -1.62. The summed E-state index contributed by atoms with van der Waals surface area (Å²) >= 11 is 3.29. The van der Waals surface area contributed by atoms with Crippen LogP contribution in [-0.2, 0) is 0 Å².